The van der Waals surface area contributed by atoms with Gasteiger partial charge in [-0.3, -0.25) is 0 Å². The van der Waals surface area contributed by atoms with Crippen LogP contribution in [-0.4, -0.2) is 19.4 Å². The second-order valence-electron chi connectivity index (χ2n) is 2.71. The monoisotopic (exact) mass is 210 g/mol. The standard InChI is InChI=1S/C8H9F3OS/c1-12-6-4-5(8(9,10)11)2-3-7(6)13/h2-3,6,13H,4H2,1H3. The number of alkyl halides is 3. The summed E-state index contributed by atoms with van der Waals surface area (Å²) in [5.41, 5.74) is -0.572. The largest absolute Gasteiger partial charge is 0.412 e. The van der Waals surface area contributed by atoms with E-state index in [1.807, 2.05) is 0 Å². The van der Waals surface area contributed by atoms with Crippen molar-refractivity contribution in [3.05, 3.63) is 22.6 Å². The Bertz CT molecular complexity index is 255. The van der Waals surface area contributed by atoms with Crippen molar-refractivity contribution in [2.75, 3.05) is 7.11 Å². The van der Waals surface area contributed by atoms with Crippen molar-refractivity contribution in [3.8, 4) is 0 Å². The van der Waals surface area contributed by atoms with Gasteiger partial charge >= 0.3 is 6.18 Å². The van der Waals surface area contributed by atoms with Crippen LogP contribution in [0.1, 0.15) is 6.42 Å². The minimum absolute atomic E-state index is 0.157. The number of allylic oxidation sites excluding steroid dienone is 2. The van der Waals surface area contributed by atoms with Gasteiger partial charge in [0.2, 0.25) is 0 Å². The zero-order valence-corrected chi connectivity index (χ0v) is 7.82. The quantitative estimate of drug-likeness (QED) is 0.655. The predicted molar refractivity (Wildman–Crippen MR) is 46.6 cm³/mol. The van der Waals surface area contributed by atoms with Crippen molar-refractivity contribution in [1.82, 2.24) is 0 Å². The molecule has 1 atom stereocenters. The molecule has 0 saturated heterocycles. The Morgan fingerprint density at radius 1 is 1.46 bits per heavy atom. The van der Waals surface area contributed by atoms with Crippen LogP contribution in [0.5, 0.6) is 0 Å². The molecule has 74 valence electrons. The summed E-state index contributed by atoms with van der Waals surface area (Å²) >= 11 is 4.00. The number of methoxy groups -OCH3 is 1. The zero-order chi connectivity index (χ0) is 10.1. The van der Waals surface area contributed by atoms with E-state index in [9.17, 15) is 13.2 Å². The highest BCUT2D eigenvalue weighted by molar-refractivity contribution is 7.84. The Kier molecular flexibility index (Phi) is 3.08. The summed E-state index contributed by atoms with van der Waals surface area (Å²) in [5, 5.41) is 0. The first-order valence-corrected chi connectivity index (χ1v) is 4.09. The molecule has 0 aromatic heterocycles. The van der Waals surface area contributed by atoms with E-state index in [1.54, 1.807) is 0 Å². The highest BCUT2D eigenvalue weighted by Gasteiger charge is 2.36. The average molecular weight is 210 g/mol. The van der Waals surface area contributed by atoms with Crippen molar-refractivity contribution in [2.24, 2.45) is 0 Å². The first-order valence-electron chi connectivity index (χ1n) is 3.65. The minimum Gasteiger partial charge on any atom is -0.376 e. The van der Waals surface area contributed by atoms with Crippen molar-refractivity contribution in [2.45, 2.75) is 18.7 Å². The minimum atomic E-state index is -4.26. The normalized spacial score (nSPS) is 23.9. The maximum Gasteiger partial charge on any atom is 0.412 e. The number of rotatable bonds is 1. The molecule has 0 saturated carbocycles. The Morgan fingerprint density at radius 3 is 2.54 bits per heavy atom. The molecule has 0 amide bonds. The van der Waals surface area contributed by atoms with E-state index in [2.05, 4.69) is 12.6 Å². The van der Waals surface area contributed by atoms with Crippen LogP contribution in [-0.2, 0) is 4.74 Å². The summed E-state index contributed by atoms with van der Waals surface area (Å²) in [6.45, 7) is 0. The Hall–Kier alpha value is -0.420. The molecule has 1 nitrogen and oxygen atoms in total. The second-order valence-corrected chi connectivity index (χ2v) is 3.23. The molecule has 1 rings (SSSR count). The lowest BCUT2D eigenvalue weighted by molar-refractivity contribution is -0.0971. The lowest BCUT2D eigenvalue weighted by atomic mass is 10.0. The van der Waals surface area contributed by atoms with Gasteiger partial charge in [-0.05, 0) is 0 Å². The van der Waals surface area contributed by atoms with E-state index >= 15 is 0 Å². The van der Waals surface area contributed by atoms with E-state index < -0.39 is 17.9 Å². The Morgan fingerprint density at radius 2 is 2.08 bits per heavy atom. The molecular formula is C8H9F3OS. The van der Waals surface area contributed by atoms with Crippen LogP contribution in [0.4, 0.5) is 13.2 Å². The number of hydrogen-bond donors (Lipinski definition) is 1. The lowest BCUT2D eigenvalue weighted by Gasteiger charge is -2.22. The first kappa shape index (κ1) is 10.7. The molecule has 0 bridgehead atoms. The molecular weight excluding hydrogens is 201 g/mol. The van der Waals surface area contributed by atoms with Crippen LogP contribution < -0.4 is 0 Å². The zero-order valence-electron chi connectivity index (χ0n) is 6.93. The van der Waals surface area contributed by atoms with Gasteiger partial charge in [0.1, 0.15) is 0 Å². The lowest BCUT2D eigenvalue weighted by Crippen LogP contribution is -2.22. The third kappa shape index (κ3) is 2.51. The van der Waals surface area contributed by atoms with Crippen LogP contribution in [0.15, 0.2) is 22.6 Å². The molecule has 0 radical (unpaired) electrons. The SMILES string of the molecule is COC1CC(C(F)(F)F)=CC=C1S. The number of thiol groups is 1. The topological polar surface area (TPSA) is 9.23 Å². The van der Waals surface area contributed by atoms with E-state index in [1.165, 1.54) is 13.2 Å². The molecule has 1 unspecified atom stereocenters. The predicted octanol–water partition coefficient (Wildman–Crippen LogP) is 2.71. The van der Waals surface area contributed by atoms with Crippen LogP contribution in [0.25, 0.3) is 0 Å². The van der Waals surface area contributed by atoms with Crippen LogP contribution in [0.3, 0.4) is 0 Å². The molecule has 0 spiro atoms. The van der Waals surface area contributed by atoms with E-state index in [-0.39, 0.29) is 6.42 Å². The van der Waals surface area contributed by atoms with E-state index in [0.717, 1.165) is 6.08 Å². The maximum atomic E-state index is 12.2. The molecule has 0 aliphatic heterocycles. The van der Waals surface area contributed by atoms with Crippen molar-refractivity contribution in [3.63, 3.8) is 0 Å². The molecule has 0 fully saturated rings. The first-order chi connectivity index (χ1) is 5.95. The second kappa shape index (κ2) is 3.75. The summed E-state index contributed by atoms with van der Waals surface area (Å²) in [4.78, 5) is 0.524. The number of hydrogen-bond acceptors (Lipinski definition) is 2. The van der Waals surface area contributed by atoms with Gasteiger partial charge in [0.05, 0.1) is 6.10 Å². The fraction of sp³-hybridized carbons (Fsp3) is 0.500. The number of halogens is 3. The summed E-state index contributed by atoms with van der Waals surface area (Å²) in [7, 11) is 1.37. The van der Waals surface area contributed by atoms with Crippen molar-refractivity contribution < 1.29 is 17.9 Å². The maximum absolute atomic E-state index is 12.2. The highest BCUT2D eigenvalue weighted by atomic mass is 32.1. The fourth-order valence-electron chi connectivity index (χ4n) is 1.08. The third-order valence-corrected chi connectivity index (χ3v) is 2.28. The molecule has 5 heteroatoms. The van der Waals surface area contributed by atoms with Crippen LogP contribution >= 0.6 is 12.6 Å². The van der Waals surface area contributed by atoms with Gasteiger partial charge in [0.25, 0.3) is 0 Å². The summed E-state index contributed by atoms with van der Waals surface area (Å²) in [6, 6.07) is 0. The van der Waals surface area contributed by atoms with E-state index in [0.29, 0.717) is 4.91 Å². The molecule has 13 heavy (non-hydrogen) atoms. The third-order valence-electron chi connectivity index (χ3n) is 1.84. The van der Waals surface area contributed by atoms with Gasteiger partial charge in [-0.25, -0.2) is 0 Å². The van der Waals surface area contributed by atoms with Crippen LogP contribution in [0.2, 0.25) is 0 Å². The molecule has 0 N–H and O–H groups in total. The fourth-order valence-corrected chi connectivity index (χ4v) is 1.35. The van der Waals surface area contributed by atoms with E-state index in [4.69, 9.17) is 4.74 Å². The van der Waals surface area contributed by atoms with Gasteiger partial charge < -0.3 is 4.74 Å². The smallest absolute Gasteiger partial charge is 0.376 e. The number of ether oxygens (including phenoxy) is 1. The summed E-state index contributed by atoms with van der Waals surface area (Å²) in [6.07, 6.45) is -2.62. The van der Waals surface area contributed by atoms with Crippen LogP contribution in [0, 0.1) is 0 Å². The molecule has 1 aliphatic carbocycles. The molecule has 0 aromatic carbocycles. The van der Waals surface area contributed by atoms with Gasteiger partial charge in [0.15, 0.2) is 0 Å². The molecule has 0 heterocycles. The molecule has 1 aliphatic rings. The average Bonchev–Trinajstić information content (AvgIpc) is 2.03. The van der Waals surface area contributed by atoms with Gasteiger partial charge in [-0.15, -0.1) is 12.6 Å². The summed E-state index contributed by atoms with van der Waals surface area (Å²) in [5.74, 6) is 0. The van der Waals surface area contributed by atoms with Gasteiger partial charge in [0, 0.05) is 24.0 Å². The molecule has 0 aromatic rings. The Balaban J connectivity index is 2.83. The summed E-state index contributed by atoms with van der Waals surface area (Å²) < 4.78 is 41.4. The van der Waals surface area contributed by atoms with Crippen molar-refractivity contribution in [1.29, 1.82) is 0 Å². The highest BCUT2D eigenvalue weighted by Crippen LogP contribution is 2.34. The van der Waals surface area contributed by atoms with Crippen molar-refractivity contribution >= 4 is 12.6 Å². The Labute approximate surface area is 79.7 Å². The van der Waals surface area contributed by atoms with Gasteiger partial charge in [-0.2, -0.15) is 13.2 Å². The van der Waals surface area contributed by atoms with Gasteiger partial charge in [-0.1, -0.05) is 12.2 Å².